The zero-order valence-electron chi connectivity index (χ0n) is 38.4. The van der Waals surface area contributed by atoms with Crippen molar-refractivity contribution in [2.24, 2.45) is 23.3 Å². The minimum Gasteiger partial charge on any atom is -0.378 e. The molecule has 0 saturated carbocycles. The Morgan fingerprint density at radius 3 is 1.48 bits per heavy atom. The first-order chi connectivity index (χ1) is 31.5. The standard InChI is InChI=1S/C27H33F3N2O2.C20H21F3N2O.C4H12N2/c1-32(2)16-6-9-20(33)11-12-21-13-14-22-25(18-7-4-3-5-8-18)31-24-15-10-19(27(28,29)30)17-23(24)26(22)34-21;21-20(22,23)13-6-9-17-16(10-13)19-15(8-7-14(11-24)26-19)18(25-17)12-4-2-1-3-5-12;1-6(2)4-3-5/h3-5,7-8,10,15,17,21-22,25-26,31H,6,9,11-14,16H2,1-2H3;1-6,9-10,14-15,18-19,25H,7-8,11,24H2;3-5H2,1-2H3/t21-,22-,25-,26-;14-,15+,18+,19+;/m01./s1. The van der Waals surface area contributed by atoms with Gasteiger partial charge in [-0.1, -0.05) is 60.7 Å². The number of rotatable bonds is 12. The van der Waals surface area contributed by atoms with Gasteiger partial charge in [-0.25, -0.2) is 0 Å². The fourth-order valence-electron chi connectivity index (χ4n) is 9.53. The molecule has 8 atom stereocenters. The minimum absolute atomic E-state index is 0.00385. The van der Waals surface area contributed by atoms with E-state index in [0.717, 1.165) is 75.0 Å². The molecule has 4 aliphatic heterocycles. The number of ketones is 1. The Morgan fingerprint density at radius 1 is 0.621 bits per heavy atom. The number of hydrogen-bond donors (Lipinski definition) is 4. The van der Waals surface area contributed by atoms with Gasteiger partial charge in [-0.3, -0.25) is 4.79 Å². The molecule has 8 rings (SSSR count). The molecule has 0 unspecified atom stereocenters. The molecule has 0 aliphatic carbocycles. The van der Waals surface area contributed by atoms with Crippen molar-refractivity contribution < 1.29 is 40.6 Å². The average Bonchev–Trinajstić information content (AvgIpc) is 3.30. The molecule has 66 heavy (non-hydrogen) atoms. The number of nitrogens with one attached hydrogen (secondary N) is 2. The maximum absolute atomic E-state index is 13.5. The summed E-state index contributed by atoms with van der Waals surface area (Å²) in [6, 6.07) is 27.7. The number of likely N-dealkylation sites (N-methyl/N-ethyl adjacent to an activating group) is 1. The quantitative estimate of drug-likeness (QED) is 0.103. The molecular weight excluding hydrogens is 859 g/mol. The van der Waals surface area contributed by atoms with Crippen molar-refractivity contribution in [3.8, 4) is 0 Å². The Hall–Kier alpha value is -4.51. The van der Waals surface area contributed by atoms with Crippen molar-refractivity contribution in [2.75, 3.05) is 65.0 Å². The molecule has 4 aliphatic rings. The summed E-state index contributed by atoms with van der Waals surface area (Å²) in [5, 5.41) is 6.93. The second kappa shape index (κ2) is 23.0. The van der Waals surface area contributed by atoms with Crippen molar-refractivity contribution in [2.45, 2.75) is 100 Å². The van der Waals surface area contributed by atoms with Crippen LogP contribution in [0.1, 0.15) is 109 Å². The molecule has 0 aromatic heterocycles. The van der Waals surface area contributed by atoms with Crippen molar-refractivity contribution in [1.82, 2.24) is 9.80 Å². The molecule has 2 fully saturated rings. The number of anilines is 2. The molecule has 4 aromatic rings. The van der Waals surface area contributed by atoms with Gasteiger partial charge < -0.3 is 41.4 Å². The Bertz CT molecular complexity index is 2140. The lowest BCUT2D eigenvalue weighted by Gasteiger charge is -2.46. The first kappa shape index (κ1) is 50.9. The van der Waals surface area contributed by atoms with E-state index < -0.39 is 29.6 Å². The highest BCUT2D eigenvalue weighted by Gasteiger charge is 2.45. The Morgan fingerprint density at radius 2 is 1.08 bits per heavy atom. The zero-order chi connectivity index (χ0) is 47.6. The maximum Gasteiger partial charge on any atom is 0.416 e. The second-order valence-corrected chi connectivity index (χ2v) is 18.3. The smallest absolute Gasteiger partial charge is 0.378 e. The number of nitrogens with two attached hydrogens (primary N) is 2. The van der Waals surface area contributed by atoms with Gasteiger partial charge in [0.05, 0.1) is 47.6 Å². The lowest BCUT2D eigenvalue weighted by atomic mass is 9.76. The molecule has 0 bridgehead atoms. The number of Topliss-reactive ketones (excluding diaryl/α,β-unsaturated/α-hetero) is 1. The van der Waals surface area contributed by atoms with E-state index in [9.17, 15) is 31.1 Å². The summed E-state index contributed by atoms with van der Waals surface area (Å²) in [5.41, 5.74) is 14.4. The van der Waals surface area contributed by atoms with Crippen LogP contribution in [0.2, 0.25) is 0 Å². The van der Waals surface area contributed by atoms with Gasteiger partial charge in [0.1, 0.15) is 5.78 Å². The summed E-state index contributed by atoms with van der Waals surface area (Å²) in [6.07, 6.45) is -4.11. The highest BCUT2D eigenvalue weighted by molar-refractivity contribution is 5.78. The number of alkyl halides is 6. The molecule has 0 radical (unpaired) electrons. The molecule has 360 valence electrons. The van der Waals surface area contributed by atoms with Gasteiger partial charge >= 0.3 is 12.4 Å². The molecule has 9 nitrogen and oxygen atoms in total. The Kier molecular flexibility index (Phi) is 17.7. The molecule has 6 N–H and O–H groups in total. The normalized spacial score (nSPS) is 24.5. The van der Waals surface area contributed by atoms with Gasteiger partial charge in [-0.2, -0.15) is 26.3 Å². The number of ether oxygens (including phenoxy) is 2. The Balaban J connectivity index is 0.000000199. The number of halogens is 6. The molecule has 4 heterocycles. The number of carbonyl (C=O) groups excluding carboxylic acids is 1. The zero-order valence-corrected chi connectivity index (χ0v) is 38.4. The largest absolute Gasteiger partial charge is 0.416 e. The van der Waals surface area contributed by atoms with Gasteiger partial charge in [0.25, 0.3) is 0 Å². The summed E-state index contributed by atoms with van der Waals surface area (Å²) < 4.78 is 92.5. The number of carbonyl (C=O) groups is 1. The predicted molar refractivity (Wildman–Crippen MR) is 248 cm³/mol. The second-order valence-electron chi connectivity index (χ2n) is 18.3. The molecule has 0 spiro atoms. The topological polar surface area (TPSA) is 118 Å². The molecule has 15 heteroatoms. The summed E-state index contributed by atoms with van der Waals surface area (Å²) in [5.74, 6) is 0.307. The third-order valence-electron chi connectivity index (χ3n) is 12.9. The SMILES string of the molecule is CN(C)CCCC(=O)CC[C@H]1CC[C@@H]2[C@H](O1)c1cc(C(F)(F)F)ccc1N[C@H]2c1ccccc1.CN(C)CCN.NC[C@H]1CC[C@@H]2[C@H](O1)c1cc(C(F)(F)F)ccc1N[C@H]2c1ccccc1. The van der Waals surface area contributed by atoms with Crippen LogP contribution in [-0.4, -0.2) is 82.2 Å². The first-order valence-electron chi connectivity index (χ1n) is 23.0. The summed E-state index contributed by atoms with van der Waals surface area (Å²) >= 11 is 0. The minimum atomic E-state index is -4.41. The van der Waals surface area contributed by atoms with Gasteiger partial charge in [-0.05, 0) is 121 Å². The fraction of sp³-hybridized carbons (Fsp3) is 0.510. The molecule has 4 aromatic carbocycles. The van der Waals surface area contributed by atoms with Crippen LogP contribution >= 0.6 is 0 Å². The lowest BCUT2D eigenvalue weighted by Crippen LogP contribution is -2.41. The van der Waals surface area contributed by atoms with E-state index in [2.05, 4.69) is 20.4 Å². The molecule has 0 amide bonds. The summed E-state index contributed by atoms with van der Waals surface area (Å²) in [4.78, 5) is 16.4. The number of hydrogen-bond acceptors (Lipinski definition) is 9. The maximum atomic E-state index is 13.5. The van der Waals surface area contributed by atoms with Crippen molar-refractivity contribution in [3.05, 3.63) is 130 Å². The van der Waals surface area contributed by atoms with Gasteiger partial charge in [0.2, 0.25) is 0 Å². The van der Waals surface area contributed by atoms with E-state index in [1.807, 2.05) is 88.9 Å². The van der Waals surface area contributed by atoms with Crippen LogP contribution in [0.15, 0.2) is 97.1 Å². The van der Waals surface area contributed by atoms with E-state index in [0.29, 0.717) is 48.3 Å². The van der Waals surface area contributed by atoms with Gasteiger partial charge in [0, 0.05) is 66.8 Å². The third-order valence-corrected chi connectivity index (χ3v) is 12.9. The number of nitrogens with zero attached hydrogens (tertiary/aromatic N) is 2. The van der Waals surface area contributed by atoms with Crippen LogP contribution in [0.3, 0.4) is 0 Å². The van der Waals surface area contributed by atoms with E-state index in [4.69, 9.17) is 20.9 Å². The van der Waals surface area contributed by atoms with Gasteiger partial charge in [0.15, 0.2) is 0 Å². The van der Waals surface area contributed by atoms with Crippen LogP contribution < -0.4 is 22.1 Å². The van der Waals surface area contributed by atoms with Crippen LogP contribution in [0, 0.1) is 11.8 Å². The van der Waals surface area contributed by atoms with Crippen molar-refractivity contribution in [1.29, 1.82) is 0 Å². The molecule has 2 saturated heterocycles. The van der Waals surface area contributed by atoms with Crippen LogP contribution in [0.4, 0.5) is 37.7 Å². The Labute approximate surface area is 385 Å². The van der Waals surface area contributed by atoms with Crippen molar-refractivity contribution >= 4 is 17.2 Å². The highest BCUT2D eigenvalue weighted by Crippen LogP contribution is 2.53. The van der Waals surface area contributed by atoms with E-state index in [1.165, 1.54) is 24.3 Å². The van der Waals surface area contributed by atoms with E-state index >= 15 is 0 Å². The number of fused-ring (bicyclic) bond motifs is 6. The first-order valence-corrected chi connectivity index (χ1v) is 23.0. The third kappa shape index (κ3) is 13.3. The molecular formula is C51H66F6N6O3. The van der Waals surface area contributed by atoms with Gasteiger partial charge in [-0.15, -0.1) is 0 Å². The van der Waals surface area contributed by atoms with Crippen molar-refractivity contribution in [3.63, 3.8) is 0 Å². The van der Waals surface area contributed by atoms with E-state index in [1.54, 1.807) is 0 Å². The van der Waals surface area contributed by atoms with E-state index in [-0.39, 0.29) is 48.0 Å². The van der Waals surface area contributed by atoms with Crippen LogP contribution in [0.25, 0.3) is 0 Å². The lowest BCUT2D eigenvalue weighted by molar-refractivity contribution is -0.138. The predicted octanol–water partition coefficient (Wildman–Crippen LogP) is 10.6. The van der Waals surface area contributed by atoms with Crippen LogP contribution in [-0.2, 0) is 26.6 Å². The summed E-state index contributed by atoms with van der Waals surface area (Å²) in [7, 11) is 7.99. The average molecular weight is 925 g/mol. The highest BCUT2D eigenvalue weighted by atomic mass is 19.4. The number of benzene rings is 4. The van der Waals surface area contributed by atoms with Crippen LogP contribution in [0.5, 0.6) is 0 Å². The fourth-order valence-corrected chi connectivity index (χ4v) is 9.53. The summed E-state index contributed by atoms with van der Waals surface area (Å²) in [6.45, 7) is 3.00. The monoisotopic (exact) mass is 925 g/mol.